The van der Waals surface area contributed by atoms with Gasteiger partial charge in [0.05, 0.1) is 23.9 Å². The van der Waals surface area contributed by atoms with E-state index in [2.05, 4.69) is 10.3 Å². The molecule has 2 heterocycles. The summed E-state index contributed by atoms with van der Waals surface area (Å²) in [6.45, 7) is 2.79. The lowest BCUT2D eigenvalue weighted by atomic mass is 10.1. The van der Waals surface area contributed by atoms with Crippen LogP contribution in [0.5, 0.6) is 5.75 Å². The van der Waals surface area contributed by atoms with Crippen molar-refractivity contribution in [2.24, 2.45) is 5.92 Å². The fraction of sp³-hybridized carbons (Fsp3) is 0.421. The van der Waals surface area contributed by atoms with Gasteiger partial charge in [-0.3, -0.25) is 9.59 Å². The van der Waals surface area contributed by atoms with Gasteiger partial charge in [-0.25, -0.2) is 4.98 Å². The molecule has 1 aliphatic heterocycles. The largest absolute Gasteiger partial charge is 0.492 e. The number of hydrogen-bond donors (Lipinski definition) is 1. The second-order valence-corrected chi connectivity index (χ2v) is 7.51. The molecule has 0 spiro atoms. The molecule has 4 rings (SSSR count). The Balaban J connectivity index is 1.44. The van der Waals surface area contributed by atoms with Crippen LogP contribution in [0.15, 0.2) is 29.6 Å². The number of nitrogens with zero attached hydrogens (tertiary/aromatic N) is 2. The molecule has 1 atom stereocenters. The Morgan fingerprint density at radius 1 is 1.38 bits per heavy atom. The van der Waals surface area contributed by atoms with Crippen molar-refractivity contribution in [2.45, 2.75) is 32.1 Å². The third kappa shape index (κ3) is 3.44. The predicted molar refractivity (Wildman–Crippen MR) is 101 cm³/mol. The van der Waals surface area contributed by atoms with Gasteiger partial charge < -0.3 is 15.0 Å². The maximum atomic E-state index is 12.6. The number of anilines is 2. The zero-order chi connectivity index (χ0) is 18.1. The van der Waals surface area contributed by atoms with E-state index in [-0.39, 0.29) is 24.2 Å². The Kier molecular flexibility index (Phi) is 4.63. The highest BCUT2D eigenvalue weighted by molar-refractivity contribution is 7.13. The standard InChI is InChI=1S/C19H21N3O3S/c1-2-25-16-6-4-3-5-15(16)22-10-13(9-17(22)23)18(24)21-19-20-14(11-26-19)12-7-8-12/h3-6,11-13H,2,7-10H2,1H3,(H,20,21,24)/t13-/m0/s1. The molecule has 26 heavy (non-hydrogen) atoms. The minimum Gasteiger partial charge on any atom is -0.492 e. The summed E-state index contributed by atoms with van der Waals surface area (Å²) >= 11 is 1.45. The number of ether oxygens (including phenoxy) is 1. The van der Waals surface area contributed by atoms with Gasteiger partial charge in [0.15, 0.2) is 5.13 Å². The number of rotatable bonds is 6. The second-order valence-electron chi connectivity index (χ2n) is 6.65. The summed E-state index contributed by atoms with van der Waals surface area (Å²) in [5.74, 6) is 0.640. The number of carbonyl (C=O) groups is 2. The molecule has 1 N–H and O–H groups in total. The Labute approximate surface area is 156 Å². The summed E-state index contributed by atoms with van der Waals surface area (Å²) in [6, 6.07) is 7.44. The minimum absolute atomic E-state index is 0.0601. The number of amides is 2. The van der Waals surface area contributed by atoms with Crippen LogP contribution in [0, 0.1) is 5.92 Å². The molecule has 0 unspecified atom stereocenters. The molecule has 0 bridgehead atoms. The van der Waals surface area contributed by atoms with E-state index < -0.39 is 0 Å². The van der Waals surface area contributed by atoms with Crippen molar-refractivity contribution in [3.05, 3.63) is 35.3 Å². The van der Waals surface area contributed by atoms with Gasteiger partial charge in [0.25, 0.3) is 0 Å². The summed E-state index contributed by atoms with van der Waals surface area (Å²) < 4.78 is 5.62. The van der Waals surface area contributed by atoms with Crippen LogP contribution >= 0.6 is 11.3 Å². The fourth-order valence-corrected chi connectivity index (χ4v) is 3.99. The predicted octanol–water partition coefficient (Wildman–Crippen LogP) is 3.41. The lowest BCUT2D eigenvalue weighted by molar-refractivity contribution is -0.122. The average molecular weight is 371 g/mol. The number of nitrogens with one attached hydrogen (secondary N) is 1. The zero-order valence-electron chi connectivity index (χ0n) is 14.6. The summed E-state index contributed by atoms with van der Waals surface area (Å²) in [6.07, 6.45) is 2.57. The van der Waals surface area contributed by atoms with Gasteiger partial charge in [0.1, 0.15) is 5.75 Å². The van der Waals surface area contributed by atoms with E-state index in [4.69, 9.17) is 4.74 Å². The maximum absolute atomic E-state index is 12.6. The first-order valence-corrected chi connectivity index (χ1v) is 9.82. The molecule has 1 saturated carbocycles. The molecule has 0 radical (unpaired) electrons. The Morgan fingerprint density at radius 3 is 2.96 bits per heavy atom. The van der Waals surface area contributed by atoms with Crippen molar-refractivity contribution in [2.75, 3.05) is 23.4 Å². The second kappa shape index (κ2) is 7.07. The van der Waals surface area contributed by atoms with Crippen molar-refractivity contribution < 1.29 is 14.3 Å². The van der Waals surface area contributed by atoms with E-state index in [0.29, 0.717) is 30.0 Å². The minimum atomic E-state index is -0.384. The van der Waals surface area contributed by atoms with Crippen molar-refractivity contribution in [1.82, 2.24) is 4.98 Å². The number of hydrogen-bond acceptors (Lipinski definition) is 5. The molecule has 2 amide bonds. The number of thiazole rings is 1. The smallest absolute Gasteiger partial charge is 0.231 e. The summed E-state index contributed by atoms with van der Waals surface area (Å²) in [7, 11) is 0. The van der Waals surface area contributed by atoms with E-state index in [1.165, 1.54) is 24.2 Å². The fourth-order valence-electron chi connectivity index (χ4n) is 3.19. The van der Waals surface area contributed by atoms with Crippen LogP contribution in [0.25, 0.3) is 0 Å². The van der Waals surface area contributed by atoms with Crippen LogP contribution < -0.4 is 15.0 Å². The van der Waals surface area contributed by atoms with Crippen LogP contribution in [0.2, 0.25) is 0 Å². The van der Waals surface area contributed by atoms with Crippen LogP contribution in [-0.4, -0.2) is 29.9 Å². The molecule has 7 heteroatoms. The Hall–Kier alpha value is -2.41. The average Bonchev–Trinajstić information content (AvgIpc) is 3.26. The number of aromatic nitrogens is 1. The number of para-hydroxylation sites is 2. The van der Waals surface area contributed by atoms with E-state index in [9.17, 15) is 9.59 Å². The van der Waals surface area contributed by atoms with Crippen LogP contribution in [0.3, 0.4) is 0 Å². The normalized spacial score (nSPS) is 19.7. The van der Waals surface area contributed by atoms with E-state index in [1.54, 1.807) is 4.90 Å². The van der Waals surface area contributed by atoms with Gasteiger partial charge >= 0.3 is 0 Å². The highest BCUT2D eigenvalue weighted by Crippen LogP contribution is 2.41. The maximum Gasteiger partial charge on any atom is 0.231 e. The monoisotopic (exact) mass is 371 g/mol. The van der Waals surface area contributed by atoms with Gasteiger partial charge in [-0.2, -0.15) is 0 Å². The SMILES string of the molecule is CCOc1ccccc1N1C[C@@H](C(=O)Nc2nc(C3CC3)cs2)CC1=O. The molecular formula is C19H21N3O3S. The highest BCUT2D eigenvalue weighted by atomic mass is 32.1. The van der Waals surface area contributed by atoms with Crippen molar-refractivity contribution in [3.63, 3.8) is 0 Å². The van der Waals surface area contributed by atoms with Crippen molar-refractivity contribution >= 4 is 34.0 Å². The highest BCUT2D eigenvalue weighted by Gasteiger charge is 2.36. The zero-order valence-corrected chi connectivity index (χ0v) is 15.4. The molecular weight excluding hydrogens is 350 g/mol. The van der Waals surface area contributed by atoms with Gasteiger partial charge in [0, 0.05) is 24.3 Å². The third-order valence-corrected chi connectivity index (χ3v) is 5.48. The first-order chi connectivity index (χ1) is 12.7. The first-order valence-electron chi connectivity index (χ1n) is 8.94. The third-order valence-electron chi connectivity index (χ3n) is 4.70. The number of carbonyl (C=O) groups excluding carboxylic acids is 2. The topological polar surface area (TPSA) is 71.5 Å². The summed E-state index contributed by atoms with van der Waals surface area (Å²) in [5, 5.41) is 5.51. The van der Waals surface area contributed by atoms with Crippen molar-refractivity contribution in [3.8, 4) is 5.75 Å². The first kappa shape index (κ1) is 17.0. The van der Waals surface area contributed by atoms with Crippen molar-refractivity contribution in [1.29, 1.82) is 0 Å². The lowest BCUT2D eigenvalue weighted by Crippen LogP contribution is -2.28. The Bertz CT molecular complexity index is 831. The van der Waals surface area contributed by atoms with E-state index >= 15 is 0 Å². The summed E-state index contributed by atoms with van der Waals surface area (Å²) in [4.78, 5) is 31.2. The lowest BCUT2D eigenvalue weighted by Gasteiger charge is -2.20. The van der Waals surface area contributed by atoms with E-state index in [0.717, 1.165) is 11.4 Å². The molecule has 1 aliphatic carbocycles. The summed E-state index contributed by atoms with van der Waals surface area (Å²) in [5.41, 5.74) is 1.79. The quantitative estimate of drug-likeness (QED) is 0.845. The van der Waals surface area contributed by atoms with Crippen LogP contribution in [0.4, 0.5) is 10.8 Å². The molecule has 2 aliphatic rings. The molecule has 6 nitrogen and oxygen atoms in total. The molecule has 2 fully saturated rings. The molecule has 1 aromatic carbocycles. The Morgan fingerprint density at radius 2 is 2.19 bits per heavy atom. The number of benzene rings is 1. The van der Waals surface area contributed by atoms with Crippen LogP contribution in [0.1, 0.15) is 37.8 Å². The molecule has 1 aromatic heterocycles. The molecule has 1 saturated heterocycles. The van der Waals surface area contributed by atoms with Gasteiger partial charge in [-0.1, -0.05) is 12.1 Å². The molecule has 2 aromatic rings. The van der Waals surface area contributed by atoms with Gasteiger partial charge in [-0.05, 0) is 31.9 Å². The van der Waals surface area contributed by atoms with E-state index in [1.807, 2.05) is 36.6 Å². The molecule has 136 valence electrons. The van der Waals surface area contributed by atoms with Gasteiger partial charge in [0.2, 0.25) is 11.8 Å². The van der Waals surface area contributed by atoms with Crippen LogP contribution in [-0.2, 0) is 9.59 Å². The van der Waals surface area contributed by atoms with Gasteiger partial charge in [-0.15, -0.1) is 11.3 Å².